The number of aryl methyl sites for hydroxylation is 1. The van der Waals surface area contributed by atoms with E-state index in [1.807, 2.05) is 31.2 Å². The summed E-state index contributed by atoms with van der Waals surface area (Å²) in [7, 11) is 0. The molecular weight excluding hydrogens is 198 g/mol. The van der Waals surface area contributed by atoms with Gasteiger partial charge in [0.25, 0.3) is 0 Å². The molecule has 3 N–H and O–H groups in total. The summed E-state index contributed by atoms with van der Waals surface area (Å²) in [6.07, 6.45) is 0.517. The molecule has 5 heteroatoms. The van der Waals surface area contributed by atoms with Crippen molar-refractivity contribution >= 4 is 29.4 Å². The fraction of sp³-hybridized carbons (Fsp3) is 0.111. The minimum Gasteiger partial charge on any atom is -0.331 e. The van der Waals surface area contributed by atoms with Crippen molar-refractivity contribution in [1.29, 1.82) is 0 Å². The molecule has 0 bridgehead atoms. The molecule has 1 aromatic rings. The molecule has 0 aromatic heterocycles. The number of nitrogens with one attached hydrogen (secondary N) is 3. The maximum Gasteiger partial charge on any atom is 0.225 e. The first kappa shape index (κ1) is 10.5. The summed E-state index contributed by atoms with van der Waals surface area (Å²) in [6, 6.07) is 7.75. The van der Waals surface area contributed by atoms with E-state index in [1.54, 1.807) is 0 Å². The van der Waals surface area contributed by atoms with Gasteiger partial charge >= 0.3 is 0 Å². The molecule has 0 radical (unpaired) electrons. The molecule has 14 heavy (non-hydrogen) atoms. The second-order valence-corrected chi connectivity index (χ2v) is 3.12. The van der Waals surface area contributed by atoms with Crippen molar-refractivity contribution in [2.75, 3.05) is 5.32 Å². The first-order valence-electron chi connectivity index (χ1n) is 4.05. The Balaban J connectivity index is 2.47. The molecule has 1 amide bonds. The zero-order chi connectivity index (χ0) is 10.4. The largest absolute Gasteiger partial charge is 0.331 e. The summed E-state index contributed by atoms with van der Waals surface area (Å²) in [6.45, 7) is 2.01. The number of carbonyl (C=O) groups is 1. The van der Waals surface area contributed by atoms with Gasteiger partial charge in [-0.15, -0.1) is 0 Å². The molecular formula is C9H11N3OS. The van der Waals surface area contributed by atoms with Crippen LogP contribution in [0.25, 0.3) is 0 Å². The third kappa shape index (κ3) is 3.40. The van der Waals surface area contributed by atoms with Crippen molar-refractivity contribution in [3.8, 4) is 0 Å². The zero-order valence-electron chi connectivity index (χ0n) is 7.70. The smallest absolute Gasteiger partial charge is 0.225 e. The maximum absolute atomic E-state index is 9.95. The van der Waals surface area contributed by atoms with Crippen molar-refractivity contribution < 1.29 is 4.79 Å². The number of hydrogen-bond donors (Lipinski definition) is 3. The van der Waals surface area contributed by atoms with Gasteiger partial charge in [-0.3, -0.25) is 15.6 Å². The van der Waals surface area contributed by atoms with Gasteiger partial charge in [-0.2, -0.15) is 0 Å². The average Bonchev–Trinajstić information content (AvgIpc) is 2.18. The van der Waals surface area contributed by atoms with E-state index in [-0.39, 0.29) is 0 Å². The van der Waals surface area contributed by atoms with Crippen LogP contribution in [0.4, 0.5) is 5.69 Å². The van der Waals surface area contributed by atoms with Gasteiger partial charge in [0.05, 0.1) is 0 Å². The van der Waals surface area contributed by atoms with Gasteiger partial charge in [-0.25, -0.2) is 0 Å². The molecule has 0 heterocycles. The standard InChI is InChI=1S/C9H11N3OS/c1-7-2-4-8(5-3-7)11-9(14)12-10-6-13/h2-6H,1H3,(H,10,13)(H2,11,12,14). The second-order valence-electron chi connectivity index (χ2n) is 2.71. The summed E-state index contributed by atoms with van der Waals surface area (Å²) < 4.78 is 0. The van der Waals surface area contributed by atoms with E-state index in [0.29, 0.717) is 11.5 Å². The molecule has 4 nitrogen and oxygen atoms in total. The van der Waals surface area contributed by atoms with Crippen LogP contribution >= 0.6 is 12.2 Å². The first-order chi connectivity index (χ1) is 6.72. The van der Waals surface area contributed by atoms with Crippen LogP contribution in [-0.2, 0) is 4.79 Å². The third-order valence-corrected chi connectivity index (χ3v) is 1.76. The predicted molar refractivity (Wildman–Crippen MR) is 59.7 cm³/mol. The SMILES string of the molecule is Cc1ccc(NC(=S)NNC=O)cc1. The van der Waals surface area contributed by atoms with Crippen LogP contribution in [0.5, 0.6) is 0 Å². The van der Waals surface area contributed by atoms with Crippen LogP contribution in [0.15, 0.2) is 24.3 Å². The predicted octanol–water partition coefficient (Wildman–Crippen LogP) is 0.942. The number of thiocarbonyl (C=S) groups is 1. The molecule has 0 saturated carbocycles. The number of hydrogen-bond acceptors (Lipinski definition) is 2. The molecule has 0 aliphatic rings. The van der Waals surface area contributed by atoms with Gasteiger partial charge in [-0.05, 0) is 31.3 Å². The molecule has 1 rings (SSSR count). The molecule has 0 spiro atoms. The normalized spacial score (nSPS) is 8.93. The second kappa shape index (κ2) is 5.18. The van der Waals surface area contributed by atoms with Crippen LogP contribution in [0, 0.1) is 6.92 Å². The third-order valence-electron chi connectivity index (χ3n) is 1.55. The number of rotatable bonds is 3. The number of amides is 1. The van der Waals surface area contributed by atoms with Gasteiger partial charge < -0.3 is 5.32 Å². The van der Waals surface area contributed by atoms with Crippen molar-refractivity contribution in [2.24, 2.45) is 0 Å². The number of hydrazine groups is 1. The lowest BCUT2D eigenvalue weighted by Crippen LogP contribution is -2.39. The Kier molecular flexibility index (Phi) is 3.87. The highest BCUT2D eigenvalue weighted by atomic mass is 32.1. The highest BCUT2D eigenvalue weighted by Gasteiger charge is 1.94. The Morgan fingerprint density at radius 1 is 1.36 bits per heavy atom. The first-order valence-corrected chi connectivity index (χ1v) is 4.46. The maximum atomic E-state index is 9.95. The number of carbonyl (C=O) groups excluding carboxylic acids is 1. The topological polar surface area (TPSA) is 53.2 Å². The van der Waals surface area contributed by atoms with E-state index in [1.165, 1.54) is 5.56 Å². The lowest BCUT2D eigenvalue weighted by atomic mass is 10.2. The lowest BCUT2D eigenvalue weighted by Gasteiger charge is -2.08. The van der Waals surface area contributed by atoms with Crippen LogP contribution in [-0.4, -0.2) is 11.5 Å². The molecule has 0 fully saturated rings. The monoisotopic (exact) mass is 209 g/mol. The van der Waals surface area contributed by atoms with Crippen LogP contribution in [0.2, 0.25) is 0 Å². The minimum absolute atomic E-state index is 0.348. The zero-order valence-corrected chi connectivity index (χ0v) is 8.52. The van der Waals surface area contributed by atoms with E-state index < -0.39 is 0 Å². The van der Waals surface area contributed by atoms with E-state index >= 15 is 0 Å². The highest BCUT2D eigenvalue weighted by Crippen LogP contribution is 2.07. The molecule has 1 aromatic carbocycles. The summed E-state index contributed by atoms with van der Waals surface area (Å²) in [4.78, 5) is 9.95. The van der Waals surface area contributed by atoms with Crippen molar-refractivity contribution in [3.63, 3.8) is 0 Å². The van der Waals surface area contributed by atoms with Gasteiger partial charge in [0.1, 0.15) is 0 Å². The highest BCUT2D eigenvalue weighted by molar-refractivity contribution is 7.80. The summed E-state index contributed by atoms with van der Waals surface area (Å²) in [5.74, 6) is 0. The Bertz CT molecular complexity index is 323. The molecule has 0 atom stereocenters. The van der Waals surface area contributed by atoms with Crippen molar-refractivity contribution in [2.45, 2.75) is 6.92 Å². The molecule has 0 unspecified atom stereocenters. The van der Waals surface area contributed by atoms with Gasteiger partial charge in [0.15, 0.2) is 5.11 Å². The van der Waals surface area contributed by atoms with Gasteiger partial charge in [-0.1, -0.05) is 17.7 Å². The summed E-state index contributed by atoms with van der Waals surface area (Å²) >= 11 is 4.89. The number of benzene rings is 1. The minimum atomic E-state index is 0.348. The van der Waals surface area contributed by atoms with Gasteiger partial charge in [0, 0.05) is 5.69 Å². The average molecular weight is 209 g/mol. The van der Waals surface area contributed by atoms with Crippen LogP contribution in [0.1, 0.15) is 5.56 Å². The molecule has 74 valence electrons. The number of anilines is 1. The van der Waals surface area contributed by atoms with E-state index in [4.69, 9.17) is 12.2 Å². The van der Waals surface area contributed by atoms with Crippen LogP contribution in [0.3, 0.4) is 0 Å². The fourth-order valence-corrected chi connectivity index (χ4v) is 1.07. The Morgan fingerprint density at radius 3 is 2.57 bits per heavy atom. The van der Waals surface area contributed by atoms with Crippen molar-refractivity contribution in [3.05, 3.63) is 29.8 Å². The molecule has 0 aliphatic heterocycles. The van der Waals surface area contributed by atoms with E-state index in [9.17, 15) is 4.79 Å². The Hall–Kier alpha value is -1.62. The summed E-state index contributed by atoms with van der Waals surface area (Å²) in [5.41, 5.74) is 6.80. The quantitative estimate of drug-likeness (QED) is 0.394. The van der Waals surface area contributed by atoms with E-state index in [2.05, 4.69) is 16.2 Å². The Labute approximate surface area is 87.7 Å². The van der Waals surface area contributed by atoms with Crippen molar-refractivity contribution in [1.82, 2.24) is 10.9 Å². The van der Waals surface area contributed by atoms with E-state index in [0.717, 1.165) is 5.69 Å². The summed E-state index contributed by atoms with van der Waals surface area (Å²) in [5, 5.41) is 3.25. The van der Waals surface area contributed by atoms with Gasteiger partial charge in [0.2, 0.25) is 6.41 Å². The molecule has 0 aliphatic carbocycles. The Morgan fingerprint density at radius 2 is 2.00 bits per heavy atom. The fourth-order valence-electron chi connectivity index (χ4n) is 0.894. The van der Waals surface area contributed by atoms with Crippen LogP contribution < -0.4 is 16.2 Å². The molecule has 0 saturated heterocycles. The lowest BCUT2D eigenvalue weighted by molar-refractivity contribution is -0.110.